The molecule has 1 aliphatic heterocycles. The van der Waals surface area contributed by atoms with E-state index in [0.29, 0.717) is 17.1 Å². The molecule has 2 rings (SSSR count). The number of hydrogen-bond acceptors (Lipinski definition) is 4. The van der Waals surface area contributed by atoms with Crippen LogP contribution in [0.3, 0.4) is 0 Å². The van der Waals surface area contributed by atoms with E-state index in [4.69, 9.17) is 14.6 Å². The van der Waals surface area contributed by atoms with Gasteiger partial charge in [0.05, 0.1) is 6.61 Å². The Bertz CT molecular complexity index is 409. The Morgan fingerprint density at radius 2 is 1.93 bits per heavy atom. The van der Waals surface area contributed by atoms with Crippen molar-refractivity contribution >= 4 is 5.78 Å². The third-order valence-electron chi connectivity index (χ3n) is 2.05. The summed E-state index contributed by atoms with van der Waals surface area (Å²) in [6.07, 6.45) is 2.95. The highest BCUT2D eigenvalue weighted by Gasteiger charge is 2.12. The van der Waals surface area contributed by atoms with Gasteiger partial charge in [-0.05, 0) is 18.2 Å². The third-order valence-corrected chi connectivity index (χ3v) is 2.05. The summed E-state index contributed by atoms with van der Waals surface area (Å²) in [5.74, 6) is 0.984. The molecule has 0 bridgehead atoms. The molecule has 4 heteroatoms. The van der Waals surface area contributed by atoms with Gasteiger partial charge >= 0.3 is 0 Å². The monoisotopic (exact) mass is 206 g/mol. The topological polar surface area (TPSA) is 55.8 Å². The number of ether oxygens (including phenoxy) is 2. The number of carbonyl (C=O) groups is 1. The largest absolute Gasteiger partial charge is 0.458 e. The molecule has 1 N–H and O–H groups in total. The Morgan fingerprint density at radius 3 is 2.67 bits per heavy atom. The summed E-state index contributed by atoms with van der Waals surface area (Å²) in [7, 11) is 0. The lowest BCUT2D eigenvalue weighted by molar-refractivity contribution is 0.0956. The minimum Gasteiger partial charge on any atom is -0.458 e. The highest BCUT2D eigenvalue weighted by molar-refractivity contribution is 5.96. The second kappa shape index (κ2) is 4.14. The molecule has 1 aromatic carbocycles. The van der Waals surface area contributed by atoms with Gasteiger partial charge in [0.1, 0.15) is 12.5 Å². The number of rotatable bonds is 3. The van der Waals surface area contributed by atoms with Crippen molar-refractivity contribution in [1.82, 2.24) is 0 Å². The summed E-state index contributed by atoms with van der Waals surface area (Å²) in [6, 6.07) is 4.93. The molecule has 4 nitrogen and oxygen atoms in total. The van der Waals surface area contributed by atoms with Gasteiger partial charge in [0.15, 0.2) is 17.3 Å². The lowest BCUT2D eigenvalue weighted by atomic mass is 10.1. The van der Waals surface area contributed by atoms with Gasteiger partial charge in [0.2, 0.25) is 0 Å². The molecule has 0 unspecified atom stereocenters. The van der Waals surface area contributed by atoms with Crippen LogP contribution < -0.4 is 9.47 Å². The van der Waals surface area contributed by atoms with Crippen molar-refractivity contribution in [2.75, 3.05) is 6.61 Å². The fourth-order valence-electron chi connectivity index (χ4n) is 1.32. The molecule has 0 fully saturated rings. The van der Waals surface area contributed by atoms with Crippen molar-refractivity contribution in [3.8, 4) is 11.5 Å². The quantitative estimate of drug-likeness (QED) is 0.761. The fraction of sp³-hybridized carbons (Fsp3) is 0.182. The van der Waals surface area contributed by atoms with Crippen LogP contribution in [0.4, 0.5) is 0 Å². The summed E-state index contributed by atoms with van der Waals surface area (Å²) < 4.78 is 10.3. The van der Waals surface area contributed by atoms with Crippen molar-refractivity contribution in [2.45, 2.75) is 6.42 Å². The smallest absolute Gasteiger partial charge is 0.169 e. The minimum absolute atomic E-state index is 0.113. The number of carbonyl (C=O) groups excluding carboxylic acids is 1. The second-order valence-corrected chi connectivity index (χ2v) is 3.07. The molecule has 0 aliphatic carbocycles. The van der Waals surface area contributed by atoms with Gasteiger partial charge in [0.25, 0.3) is 0 Å². The van der Waals surface area contributed by atoms with E-state index >= 15 is 0 Å². The molecule has 1 aromatic rings. The minimum atomic E-state index is -0.146. The molecule has 0 amide bonds. The SMILES string of the molecule is O=C(CCO)c1ccc2c(c1)OC=CO2. The van der Waals surface area contributed by atoms with Gasteiger partial charge < -0.3 is 14.6 Å². The van der Waals surface area contributed by atoms with Crippen LogP contribution in [-0.4, -0.2) is 17.5 Å². The molecule has 0 spiro atoms. The molecule has 0 saturated carbocycles. The summed E-state index contributed by atoms with van der Waals surface area (Å²) in [4.78, 5) is 11.5. The molecule has 0 aromatic heterocycles. The predicted molar refractivity (Wildman–Crippen MR) is 52.9 cm³/mol. The highest BCUT2D eigenvalue weighted by Crippen LogP contribution is 2.31. The van der Waals surface area contributed by atoms with Crippen LogP contribution in [0.5, 0.6) is 11.5 Å². The first-order valence-corrected chi connectivity index (χ1v) is 4.57. The van der Waals surface area contributed by atoms with Crippen LogP contribution in [0, 0.1) is 0 Å². The maximum Gasteiger partial charge on any atom is 0.169 e. The zero-order chi connectivity index (χ0) is 10.7. The molecular formula is C11H10O4. The predicted octanol–water partition coefficient (Wildman–Crippen LogP) is 1.49. The van der Waals surface area contributed by atoms with Crippen LogP contribution >= 0.6 is 0 Å². The van der Waals surface area contributed by atoms with E-state index in [9.17, 15) is 4.79 Å². The van der Waals surface area contributed by atoms with Crippen LogP contribution in [-0.2, 0) is 0 Å². The van der Waals surface area contributed by atoms with Crippen molar-refractivity contribution in [3.05, 3.63) is 36.3 Å². The van der Waals surface area contributed by atoms with E-state index in [1.54, 1.807) is 18.2 Å². The average Bonchev–Trinajstić information content (AvgIpc) is 2.29. The van der Waals surface area contributed by atoms with Crippen LogP contribution in [0.2, 0.25) is 0 Å². The lowest BCUT2D eigenvalue weighted by Gasteiger charge is -2.12. The normalized spacial score (nSPS) is 12.6. The van der Waals surface area contributed by atoms with E-state index < -0.39 is 0 Å². The van der Waals surface area contributed by atoms with E-state index in [2.05, 4.69) is 0 Å². The molecule has 0 radical (unpaired) electrons. The summed E-state index contributed by atoms with van der Waals surface area (Å²) in [5, 5.41) is 8.65. The number of aliphatic hydroxyl groups is 1. The van der Waals surface area contributed by atoms with Crippen molar-refractivity contribution < 1.29 is 19.4 Å². The van der Waals surface area contributed by atoms with Crippen molar-refractivity contribution in [2.24, 2.45) is 0 Å². The van der Waals surface area contributed by atoms with Gasteiger partial charge in [-0.3, -0.25) is 4.79 Å². The van der Waals surface area contributed by atoms with E-state index in [-0.39, 0.29) is 18.8 Å². The van der Waals surface area contributed by atoms with E-state index in [1.165, 1.54) is 12.5 Å². The van der Waals surface area contributed by atoms with Crippen LogP contribution in [0.1, 0.15) is 16.8 Å². The van der Waals surface area contributed by atoms with Crippen LogP contribution in [0.15, 0.2) is 30.7 Å². The fourth-order valence-corrected chi connectivity index (χ4v) is 1.32. The number of ketones is 1. The molecule has 0 atom stereocenters. The molecule has 1 aliphatic rings. The third kappa shape index (κ3) is 1.99. The van der Waals surface area contributed by atoms with Gasteiger partial charge in [-0.25, -0.2) is 0 Å². The van der Waals surface area contributed by atoms with Gasteiger partial charge in [-0.15, -0.1) is 0 Å². The first kappa shape index (κ1) is 9.73. The molecule has 0 saturated heterocycles. The Labute approximate surface area is 86.7 Å². The summed E-state index contributed by atoms with van der Waals surface area (Å²) in [6.45, 7) is -0.146. The Hall–Kier alpha value is -1.81. The highest BCUT2D eigenvalue weighted by atomic mass is 16.5. The zero-order valence-electron chi connectivity index (χ0n) is 7.97. The zero-order valence-corrected chi connectivity index (χ0v) is 7.97. The summed E-state index contributed by atoms with van der Waals surface area (Å²) >= 11 is 0. The number of hydrogen-bond donors (Lipinski definition) is 1. The maximum absolute atomic E-state index is 11.5. The van der Waals surface area contributed by atoms with Gasteiger partial charge in [-0.2, -0.15) is 0 Å². The number of aliphatic hydroxyl groups excluding tert-OH is 1. The molecular weight excluding hydrogens is 196 g/mol. The summed E-state index contributed by atoms with van der Waals surface area (Å²) in [5.41, 5.74) is 0.515. The number of Topliss-reactive ketones (excluding diaryl/α,β-unsaturated/α-hetero) is 1. The van der Waals surface area contributed by atoms with E-state index in [1.807, 2.05) is 0 Å². The first-order valence-electron chi connectivity index (χ1n) is 4.57. The van der Waals surface area contributed by atoms with Crippen LogP contribution in [0.25, 0.3) is 0 Å². The van der Waals surface area contributed by atoms with Gasteiger partial charge in [-0.1, -0.05) is 0 Å². The standard InChI is InChI=1S/C11H10O4/c12-4-3-9(13)8-1-2-10-11(7-8)15-6-5-14-10/h1-2,5-7,12H,3-4H2. The second-order valence-electron chi connectivity index (χ2n) is 3.07. The molecule has 78 valence electrons. The van der Waals surface area contributed by atoms with Crippen molar-refractivity contribution in [3.63, 3.8) is 0 Å². The first-order chi connectivity index (χ1) is 7.31. The average molecular weight is 206 g/mol. The molecule has 15 heavy (non-hydrogen) atoms. The van der Waals surface area contributed by atoms with Crippen molar-refractivity contribution in [1.29, 1.82) is 0 Å². The Kier molecular flexibility index (Phi) is 2.69. The Morgan fingerprint density at radius 1 is 1.20 bits per heavy atom. The van der Waals surface area contributed by atoms with E-state index in [0.717, 1.165) is 0 Å². The Balaban J connectivity index is 2.26. The lowest BCUT2D eigenvalue weighted by Crippen LogP contribution is -2.03. The van der Waals surface area contributed by atoms with Gasteiger partial charge in [0, 0.05) is 12.0 Å². The molecule has 1 heterocycles. The maximum atomic E-state index is 11.5. The number of benzene rings is 1. The number of fused-ring (bicyclic) bond motifs is 1.